The molecule has 2 aromatic carbocycles. The number of hydrogen-bond acceptors (Lipinski definition) is 6. The average molecular weight is 413 g/mol. The second-order valence-corrected chi connectivity index (χ2v) is 8.21. The van der Waals surface area contributed by atoms with E-state index in [0.717, 1.165) is 12.1 Å². The fraction of sp³-hybridized carbons (Fsp3) is 0.278. The summed E-state index contributed by atoms with van der Waals surface area (Å²) in [6.07, 6.45) is 0. The van der Waals surface area contributed by atoms with Crippen molar-refractivity contribution in [3.63, 3.8) is 0 Å². The van der Waals surface area contributed by atoms with Crippen LogP contribution in [0.15, 0.2) is 47.4 Å². The van der Waals surface area contributed by atoms with Gasteiger partial charge in [-0.1, -0.05) is 18.2 Å². The Bertz CT molecular complexity index is 1010. The molecule has 0 spiro atoms. The molecule has 1 amide bonds. The number of amides is 1. The molecule has 1 heterocycles. The second-order valence-electron chi connectivity index (χ2n) is 6.33. The van der Waals surface area contributed by atoms with E-state index in [1.807, 2.05) is 0 Å². The molecule has 7 nitrogen and oxygen atoms in total. The van der Waals surface area contributed by atoms with Gasteiger partial charge in [0.1, 0.15) is 5.60 Å². The summed E-state index contributed by atoms with van der Waals surface area (Å²) in [5, 5.41) is 13.1. The van der Waals surface area contributed by atoms with E-state index in [9.17, 15) is 27.1 Å². The Morgan fingerprint density at radius 2 is 1.89 bits per heavy atom. The normalized spacial score (nSPS) is 15.3. The van der Waals surface area contributed by atoms with Gasteiger partial charge in [0.15, 0.2) is 11.5 Å². The van der Waals surface area contributed by atoms with Gasteiger partial charge in [-0.2, -0.15) is 8.78 Å². The summed E-state index contributed by atoms with van der Waals surface area (Å²) in [6.45, 7) is 1.20. The topological polar surface area (TPSA) is 102 Å². The molecule has 3 rings (SSSR count). The van der Waals surface area contributed by atoms with Crippen molar-refractivity contribution in [2.45, 2.75) is 23.2 Å². The Hall–Kier alpha value is -2.72. The van der Waals surface area contributed by atoms with Gasteiger partial charge in [0.25, 0.3) is 5.91 Å². The molecular formula is C18H17F2NO6S. The third-order valence-corrected chi connectivity index (χ3v) is 5.70. The van der Waals surface area contributed by atoms with Crippen molar-refractivity contribution in [2.75, 3.05) is 13.3 Å². The number of ether oxygens (including phenoxy) is 2. The standard InChI is InChI=1S/C18H17F2NO6S/c1-18(23,11-6-7-13-14(8-11)27-10-26-13)9-21-16(22)12-4-2-3-5-15(12)28(24,25)17(19)20/h2-8,17,23H,9-10H2,1H3,(H,21,22). The molecule has 0 radical (unpaired) electrons. The molecule has 1 aliphatic heterocycles. The van der Waals surface area contributed by atoms with Gasteiger partial charge in [0, 0.05) is 0 Å². The van der Waals surface area contributed by atoms with Crippen LogP contribution >= 0.6 is 0 Å². The fourth-order valence-electron chi connectivity index (χ4n) is 2.68. The van der Waals surface area contributed by atoms with Gasteiger partial charge >= 0.3 is 5.76 Å². The molecule has 1 unspecified atom stereocenters. The predicted molar refractivity (Wildman–Crippen MR) is 94.1 cm³/mol. The minimum absolute atomic E-state index is 0.0626. The summed E-state index contributed by atoms with van der Waals surface area (Å²) in [7, 11) is -4.95. The van der Waals surface area contributed by atoms with Crippen molar-refractivity contribution in [3.8, 4) is 11.5 Å². The first-order valence-electron chi connectivity index (χ1n) is 8.15. The van der Waals surface area contributed by atoms with Crippen molar-refractivity contribution in [1.82, 2.24) is 5.32 Å². The van der Waals surface area contributed by atoms with Crippen LogP contribution in [0.5, 0.6) is 11.5 Å². The van der Waals surface area contributed by atoms with Crippen LogP contribution in [0.4, 0.5) is 8.78 Å². The summed E-state index contributed by atoms with van der Waals surface area (Å²) in [5.74, 6) is -3.59. The van der Waals surface area contributed by atoms with Crippen LogP contribution in [0, 0.1) is 0 Å². The molecule has 0 fully saturated rings. The molecule has 0 saturated heterocycles. The number of alkyl halides is 2. The van der Waals surface area contributed by atoms with Crippen LogP contribution in [0.25, 0.3) is 0 Å². The fourth-order valence-corrected chi connectivity index (χ4v) is 3.61. The molecule has 28 heavy (non-hydrogen) atoms. The van der Waals surface area contributed by atoms with E-state index in [2.05, 4.69) is 5.32 Å². The van der Waals surface area contributed by atoms with Gasteiger partial charge in [-0.05, 0) is 36.8 Å². The smallest absolute Gasteiger partial charge is 0.341 e. The first kappa shape index (κ1) is 20.0. The van der Waals surface area contributed by atoms with E-state index in [4.69, 9.17) is 9.47 Å². The molecular weight excluding hydrogens is 396 g/mol. The Labute approximate surface area is 159 Å². The summed E-state index contributed by atoms with van der Waals surface area (Å²) >= 11 is 0. The van der Waals surface area contributed by atoms with Crippen LogP contribution in [0.2, 0.25) is 0 Å². The summed E-state index contributed by atoms with van der Waals surface area (Å²) in [5.41, 5.74) is -1.54. The molecule has 10 heteroatoms. The third-order valence-electron chi connectivity index (χ3n) is 4.26. The number of carbonyl (C=O) groups excluding carboxylic acids is 1. The minimum Gasteiger partial charge on any atom is -0.454 e. The molecule has 2 aromatic rings. The lowest BCUT2D eigenvalue weighted by Crippen LogP contribution is -2.39. The van der Waals surface area contributed by atoms with Gasteiger partial charge in [-0.3, -0.25) is 4.79 Å². The highest BCUT2D eigenvalue weighted by Crippen LogP contribution is 2.35. The average Bonchev–Trinajstić information content (AvgIpc) is 3.14. The predicted octanol–water partition coefficient (Wildman–Crippen LogP) is 2.05. The number of nitrogens with one attached hydrogen (secondary N) is 1. The van der Waals surface area contributed by atoms with Gasteiger partial charge in [-0.15, -0.1) is 0 Å². The molecule has 0 aromatic heterocycles. The molecule has 0 bridgehead atoms. The van der Waals surface area contributed by atoms with Crippen molar-refractivity contribution in [2.24, 2.45) is 0 Å². The van der Waals surface area contributed by atoms with Crippen LogP contribution in [-0.2, 0) is 15.4 Å². The number of aliphatic hydroxyl groups is 1. The van der Waals surface area contributed by atoms with E-state index in [0.29, 0.717) is 17.1 Å². The van der Waals surface area contributed by atoms with Crippen molar-refractivity contribution in [1.29, 1.82) is 0 Å². The van der Waals surface area contributed by atoms with Gasteiger partial charge in [0.2, 0.25) is 16.6 Å². The van der Waals surface area contributed by atoms with Gasteiger partial charge < -0.3 is 19.9 Å². The maximum atomic E-state index is 12.9. The molecule has 1 aliphatic rings. The number of carbonyl (C=O) groups is 1. The highest BCUT2D eigenvalue weighted by molar-refractivity contribution is 7.91. The quantitative estimate of drug-likeness (QED) is 0.752. The van der Waals surface area contributed by atoms with Crippen molar-refractivity contribution in [3.05, 3.63) is 53.6 Å². The van der Waals surface area contributed by atoms with Crippen LogP contribution < -0.4 is 14.8 Å². The van der Waals surface area contributed by atoms with E-state index >= 15 is 0 Å². The Morgan fingerprint density at radius 3 is 2.61 bits per heavy atom. The minimum atomic E-state index is -4.95. The van der Waals surface area contributed by atoms with E-state index in [-0.39, 0.29) is 13.3 Å². The SMILES string of the molecule is CC(O)(CNC(=O)c1ccccc1S(=O)(=O)C(F)F)c1ccc2c(c1)OCO2. The first-order valence-corrected chi connectivity index (χ1v) is 9.69. The second kappa shape index (κ2) is 7.36. The lowest BCUT2D eigenvalue weighted by molar-refractivity contribution is 0.0524. The van der Waals surface area contributed by atoms with E-state index in [1.54, 1.807) is 18.2 Å². The summed E-state index contributed by atoms with van der Waals surface area (Å²) in [6, 6.07) is 9.42. The van der Waals surface area contributed by atoms with Gasteiger partial charge in [-0.25, -0.2) is 8.42 Å². The highest BCUT2D eigenvalue weighted by atomic mass is 32.2. The zero-order valence-electron chi connectivity index (χ0n) is 14.7. The van der Waals surface area contributed by atoms with Gasteiger partial charge in [0.05, 0.1) is 17.0 Å². The van der Waals surface area contributed by atoms with E-state index < -0.39 is 37.6 Å². The lowest BCUT2D eigenvalue weighted by Gasteiger charge is -2.24. The monoisotopic (exact) mass is 413 g/mol. The molecule has 0 saturated carbocycles. The summed E-state index contributed by atoms with van der Waals surface area (Å²) in [4.78, 5) is 11.7. The highest BCUT2D eigenvalue weighted by Gasteiger charge is 2.32. The number of fused-ring (bicyclic) bond motifs is 1. The van der Waals surface area contributed by atoms with E-state index in [1.165, 1.54) is 19.1 Å². The Balaban J connectivity index is 1.79. The number of halogens is 2. The Morgan fingerprint density at radius 1 is 1.21 bits per heavy atom. The van der Waals surface area contributed by atoms with Crippen LogP contribution in [-0.4, -0.2) is 38.5 Å². The van der Waals surface area contributed by atoms with Crippen LogP contribution in [0.1, 0.15) is 22.8 Å². The van der Waals surface area contributed by atoms with Crippen molar-refractivity contribution >= 4 is 15.7 Å². The number of sulfone groups is 1. The zero-order chi connectivity index (χ0) is 20.5. The largest absolute Gasteiger partial charge is 0.454 e. The molecule has 1 atom stereocenters. The number of rotatable bonds is 6. The summed E-state index contributed by atoms with van der Waals surface area (Å²) < 4.78 is 59.7. The van der Waals surface area contributed by atoms with Crippen molar-refractivity contribution < 1.29 is 36.6 Å². The first-order chi connectivity index (χ1) is 13.1. The van der Waals surface area contributed by atoms with Crippen LogP contribution in [0.3, 0.4) is 0 Å². The molecule has 150 valence electrons. The maximum Gasteiger partial charge on any atom is 0.341 e. The lowest BCUT2D eigenvalue weighted by atomic mass is 9.95. The molecule has 0 aliphatic carbocycles. The number of hydrogen-bond donors (Lipinski definition) is 2. The molecule has 2 N–H and O–H groups in total. The third kappa shape index (κ3) is 3.78. The number of benzene rings is 2. The maximum absolute atomic E-state index is 12.9. The zero-order valence-corrected chi connectivity index (χ0v) is 15.5. The Kier molecular flexibility index (Phi) is 5.26.